The SMILES string of the molecule is Cc1cc(CCN2CC3(CC3)C2)nn([C@@H](CC(C)C)C(=O)NCCC(=O)O)c1=O. The van der Waals surface area contributed by atoms with E-state index in [4.69, 9.17) is 5.11 Å². The molecule has 1 aromatic rings. The Morgan fingerprint density at radius 2 is 2.00 bits per heavy atom. The van der Waals surface area contributed by atoms with Gasteiger partial charge in [0.15, 0.2) is 0 Å². The second kappa shape index (κ2) is 8.65. The number of carbonyl (C=O) groups is 2. The molecule has 1 aliphatic heterocycles. The minimum absolute atomic E-state index is 0.0346. The second-order valence-corrected chi connectivity index (χ2v) is 9.11. The minimum atomic E-state index is -0.974. The van der Waals surface area contributed by atoms with Gasteiger partial charge in [-0.25, -0.2) is 4.68 Å². The summed E-state index contributed by atoms with van der Waals surface area (Å²) in [6, 6.07) is 1.08. The van der Waals surface area contributed by atoms with Crippen molar-refractivity contribution in [3.63, 3.8) is 0 Å². The molecule has 160 valence electrons. The number of hydrogen-bond acceptors (Lipinski definition) is 5. The lowest BCUT2D eigenvalue weighted by Gasteiger charge is -2.40. The first kappa shape index (κ1) is 21.5. The number of carbonyl (C=O) groups excluding carboxylic acids is 1. The number of likely N-dealkylation sites (tertiary alicyclic amines) is 1. The Bertz CT molecular complexity index is 820. The van der Waals surface area contributed by atoms with Gasteiger partial charge < -0.3 is 15.3 Å². The molecule has 1 atom stereocenters. The summed E-state index contributed by atoms with van der Waals surface area (Å²) in [5.74, 6) is -1.15. The van der Waals surface area contributed by atoms with Crippen molar-refractivity contribution in [2.45, 2.75) is 58.9 Å². The predicted octanol–water partition coefficient (Wildman–Crippen LogP) is 1.37. The molecule has 0 radical (unpaired) electrons. The lowest BCUT2D eigenvalue weighted by molar-refractivity contribution is -0.137. The topological polar surface area (TPSA) is 105 Å². The Morgan fingerprint density at radius 3 is 2.59 bits per heavy atom. The van der Waals surface area contributed by atoms with E-state index >= 15 is 0 Å². The van der Waals surface area contributed by atoms with Crippen molar-refractivity contribution in [2.24, 2.45) is 11.3 Å². The number of amides is 1. The van der Waals surface area contributed by atoms with Crippen LogP contribution in [0.25, 0.3) is 0 Å². The van der Waals surface area contributed by atoms with E-state index in [1.165, 1.54) is 17.5 Å². The van der Waals surface area contributed by atoms with E-state index in [1.54, 1.807) is 6.92 Å². The molecule has 8 heteroatoms. The quantitative estimate of drug-likeness (QED) is 0.610. The first-order valence-corrected chi connectivity index (χ1v) is 10.5. The van der Waals surface area contributed by atoms with Crippen molar-refractivity contribution < 1.29 is 14.7 Å². The van der Waals surface area contributed by atoms with Crippen LogP contribution in [0.15, 0.2) is 10.9 Å². The van der Waals surface area contributed by atoms with E-state index in [0.29, 0.717) is 17.4 Å². The number of aliphatic carboxylic acids is 1. The lowest BCUT2D eigenvalue weighted by atomic mass is 9.96. The summed E-state index contributed by atoms with van der Waals surface area (Å²) in [5.41, 5.74) is 1.72. The maximum absolute atomic E-state index is 12.7. The van der Waals surface area contributed by atoms with Gasteiger partial charge in [-0.2, -0.15) is 5.10 Å². The van der Waals surface area contributed by atoms with Gasteiger partial charge in [0.1, 0.15) is 6.04 Å². The summed E-state index contributed by atoms with van der Waals surface area (Å²) in [5, 5.41) is 16.0. The maximum Gasteiger partial charge on any atom is 0.305 e. The number of carboxylic acids is 1. The predicted molar refractivity (Wildman–Crippen MR) is 109 cm³/mol. The van der Waals surface area contributed by atoms with Crippen LogP contribution in [-0.2, 0) is 16.0 Å². The molecule has 1 saturated heterocycles. The molecule has 2 N–H and O–H groups in total. The van der Waals surface area contributed by atoms with Gasteiger partial charge >= 0.3 is 5.97 Å². The Kier molecular flexibility index (Phi) is 6.41. The normalized spacial score (nSPS) is 18.5. The van der Waals surface area contributed by atoms with Crippen molar-refractivity contribution in [1.82, 2.24) is 20.0 Å². The van der Waals surface area contributed by atoms with Gasteiger partial charge in [0.2, 0.25) is 5.91 Å². The third-order valence-corrected chi connectivity index (χ3v) is 5.85. The number of aryl methyl sites for hydroxylation is 1. The molecule has 2 heterocycles. The van der Waals surface area contributed by atoms with E-state index in [9.17, 15) is 14.4 Å². The standard InChI is InChI=1S/C21H32N4O4/c1-14(2)10-17(19(28)22-8-4-18(26)27)25-20(29)15(3)11-16(23-25)5-9-24-12-21(13-24)6-7-21/h11,14,17H,4-10,12-13H2,1-3H3,(H,22,28)(H,26,27)/t17-/m0/s1. The second-order valence-electron chi connectivity index (χ2n) is 9.11. The molecule has 3 rings (SSSR count). The van der Waals surface area contributed by atoms with E-state index < -0.39 is 12.0 Å². The molecule has 1 aliphatic carbocycles. The average Bonchev–Trinajstić information content (AvgIpc) is 3.40. The molecule has 0 unspecified atom stereocenters. The van der Waals surface area contributed by atoms with E-state index in [2.05, 4.69) is 15.3 Å². The van der Waals surface area contributed by atoms with Gasteiger partial charge in [0.25, 0.3) is 5.56 Å². The summed E-state index contributed by atoms with van der Waals surface area (Å²) in [7, 11) is 0. The van der Waals surface area contributed by atoms with Crippen LogP contribution in [0.4, 0.5) is 0 Å². The third-order valence-electron chi connectivity index (χ3n) is 5.85. The average molecular weight is 405 g/mol. The van der Waals surface area contributed by atoms with Crippen LogP contribution >= 0.6 is 0 Å². The zero-order valence-electron chi connectivity index (χ0n) is 17.6. The summed E-state index contributed by atoms with van der Waals surface area (Å²) >= 11 is 0. The lowest BCUT2D eigenvalue weighted by Crippen LogP contribution is -2.49. The van der Waals surface area contributed by atoms with Crippen LogP contribution in [0.5, 0.6) is 0 Å². The zero-order valence-corrected chi connectivity index (χ0v) is 17.6. The number of aromatic nitrogens is 2. The van der Waals surface area contributed by atoms with Crippen LogP contribution in [0.1, 0.15) is 56.8 Å². The van der Waals surface area contributed by atoms with Gasteiger partial charge in [-0.05, 0) is 43.6 Å². The van der Waals surface area contributed by atoms with E-state index in [1.807, 2.05) is 19.9 Å². The summed E-state index contributed by atoms with van der Waals surface area (Å²) in [6.07, 6.45) is 3.74. The summed E-state index contributed by atoms with van der Waals surface area (Å²) in [6.45, 7) is 8.98. The molecule has 1 spiro atoms. The van der Waals surface area contributed by atoms with Gasteiger partial charge in [0, 0.05) is 38.2 Å². The molecular formula is C21H32N4O4. The minimum Gasteiger partial charge on any atom is -0.481 e. The van der Waals surface area contributed by atoms with E-state index in [-0.39, 0.29) is 30.3 Å². The molecule has 29 heavy (non-hydrogen) atoms. The number of carboxylic acid groups (broad SMARTS) is 1. The van der Waals surface area contributed by atoms with Crippen molar-refractivity contribution >= 4 is 11.9 Å². The highest BCUT2D eigenvalue weighted by molar-refractivity contribution is 5.80. The summed E-state index contributed by atoms with van der Waals surface area (Å²) < 4.78 is 1.30. The van der Waals surface area contributed by atoms with Gasteiger partial charge in [0.05, 0.1) is 12.1 Å². The molecule has 1 saturated carbocycles. The highest BCUT2D eigenvalue weighted by Crippen LogP contribution is 2.52. The molecule has 0 bridgehead atoms. The molecule has 2 fully saturated rings. The van der Waals surface area contributed by atoms with Crippen LogP contribution in [0.3, 0.4) is 0 Å². The monoisotopic (exact) mass is 404 g/mol. The maximum atomic E-state index is 12.7. The first-order chi connectivity index (χ1) is 13.7. The zero-order chi connectivity index (χ0) is 21.2. The fourth-order valence-electron chi connectivity index (χ4n) is 4.04. The third kappa shape index (κ3) is 5.44. The Morgan fingerprint density at radius 1 is 1.31 bits per heavy atom. The van der Waals surface area contributed by atoms with Gasteiger partial charge in [-0.3, -0.25) is 14.4 Å². The molecule has 1 amide bonds. The van der Waals surface area contributed by atoms with Crippen molar-refractivity contribution in [1.29, 1.82) is 0 Å². The summed E-state index contributed by atoms with van der Waals surface area (Å²) in [4.78, 5) is 38.6. The first-order valence-electron chi connectivity index (χ1n) is 10.5. The smallest absolute Gasteiger partial charge is 0.305 e. The molecule has 2 aliphatic rings. The van der Waals surface area contributed by atoms with E-state index in [0.717, 1.165) is 31.7 Å². The van der Waals surface area contributed by atoms with Crippen molar-refractivity contribution in [3.8, 4) is 0 Å². The van der Waals surface area contributed by atoms with Crippen LogP contribution in [0.2, 0.25) is 0 Å². The van der Waals surface area contributed by atoms with Crippen LogP contribution < -0.4 is 10.9 Å². The number of hydrogen-bond donors (Lipinski definition) is 2. The molecule has 1 aromatic heterocycles. The largest absolute Gasteiger partial charge is 0.481 e. The van der Waals surface area contributed by atoms with Crippen LogP contribution in [-0.4, -0.2) is 57.8 Å². The Labute approximate surface area is 171 Å². The fraction of sp³-hybridized carbons (Fsp3) is 0.714. The van der Waals surface area contributed by atoms with Gasteiger partial charge in [-0.1, -0.05) is 13.8 Å². The molecule has 8 nitrogen and oxygen atoms in total. The van der Waals surface area contributed by atoms with Crippen molar-refractivity contribution in [2.75, 3.05) is 26.2 Å². The number of nitrogens with one attached hydrogen (secondary N) is 1. The van der Waals surface area contributed by atoms with Crippen molar-refractivity contribution in [3.05, 3.63) is 27.7 Å². The molecular weight excluding hydrogens is 372 g/mol. The Hall–Kier alpha value is -2.22. The van der Waals surface area contributed by atoms with Crippen LogP contribution in [0, 0.1) is 18.3 Å². The highest BCUT2D eigenvalue weighted by atomic mass is 16.4. The van der Waals surface area contributed by atoms with Gasteiger partial charge in [-0.15, -0.1) is 0 Å². The Balaban J connectivity index is 1.72. The molecule has 0 aromatic carbocycles. The number of nitrogens with zero attached hydrogens (tertiary/aromatic N) is 3. The fourth-order valence-corrected chi connectivity index (χ4v) is 4.04. The highest BCUT2D eigenvalue weighted by Gasteiger charge is 2.51. The number of rotatable bonds is 10.